The van der Waals surface area contributed by atoms with Crippen molar-refractivity contribution >= 4 is 5.91 Å². The minimum Gasteiger partial charge on any atom is -0.493 e. The number of likely N-dealkylation sites (tertiary alicyclic amines) is 2. The molecule has 8 nitrogen and oxygen atoms in total. The molecule has 0 bridgehead atoms. The van der Waals surface area contributed by atoms with Crippen LogP contribution in [0.5, 0.6) is 11.5 Å². The maximum Gasteiger partial charge on any atom is 0.241 e. The van der Waals surface area contributed by atoms with Gasteiger partial charge in [-0.3, -0.25) is 9.69 Å². The Bertz CT molecular complexity index is 855. The van der Waals surface area contributed by atoms with Gasteiger partial charge in [0.2, 0.25) is 17.6 Å². The Morgan fingerprint density at radius 3 is 2.50 bits per heavy atom. The number of amides is 1. The van der Waals surface area contributed by atoms with E-state index in [0.717, 1.165) is 57.4 Å². The number of methoxy groups -OCH3 is 2. The van der Waals surface area contributed by atoms with Crippen molar-refractivity contribution in [1.82, 2.24) is 19.9 Å². The summed E-state index contributed by atoms with van der Waals surface area (Å²) in [6, 6.07) is 5.55. The lowest BCUT2D eigenvalue weighted by atomic mass is 9.94. The van der Waals surface area contributed by atoms with Gasteiger partial charge in [-0.1, -0.05) is 5.16 Å². The third-order valence-electron chi connectivity index (χ3n) is 6.07. The minimum absolute atomic E-state index is 0.157. The third kappa shape index (κ3) is 4.59. The van der Waals surface area contributed by atoms with Crippen LogP contribution in [0.2, 0.25) is 0 Å². The van der Waals surface area contributed by atoms with Gasteiger partial charge in [-0.15, -0.1) is 0 Å². The molecule has 0 atom stereocenters. The highest BCUT2D eigenvalue weighted by molar-refractivity contribution is 5.79. The Kier molecular flexibility index (Phi) is 6.52. The van der Waals surface area contributed by atoms with Gasteiger partial charge in [0, 0.05) is 24.6 Å². The predicted octanol–water partition coefficient (Wildman–Crippen LogP) is 2.98. The van der Waals surface area contributed by atoms with E-state index in [1.807, 2.05) is 18.2 Å². The van der Waals surface area contributed by atoms with Gasteiger partial charge < -0.3 is 18.9 Å². The molecule has 1 amide bonds. The quantitative estimate of drug-likeness (QED) is 0.719. The van der Waals surface area contributed by atoms with E-state index in [-0.39, 0.29) is 5.92 Å². The zero-order valence-electron chi connectivity index (χ0n) is 17.8. The second-order valence-electron chi connectivity index (χ2n) is 8.02. The number of ether oxygens (including phenoxy) is 2. The standard InChI is InChI=1S/C22H30N4O4/c1-28-18-7-6-17(14-19(18)29-2)21-23-20(30-24-21)15-25-12-8-16(9-13-25)22(27)26-10-4-3-5-11-26/h6-7,14,16H,3-5,8-13,15H2,1-2H3. The number of nitrogens with zero attached hydrogens (tertiary/aromatic N) is 4. The van der Waals surface area contributed by atoms with Crippen LogP contribution in [0.3, 0.4) is 0 Å². The summed E-state index contributed by atoms with van der Waals surface area (Å²) in [5.74, 6) is 2.91. The number of rotatable bonds is 6. The van der Waals surface area contributed by atoms with E-state index in [1.165, 1.54) is 6.42 Å². The molecule has 0 unspecified atom stereocenters. The maximum absolute atomic E-state index is 12.7. The van der Waals surface area contributed by atoms with Crippen molar-refractivity contribution in [3.63, 3.8) is 0 Å². The fourth-order valence-electron chi connectivity index (χ4n) is 4.31. The largest absolute Gasteiger partial charge is 0.493 e. The topological polar surface area (TPSA) is 80.9 Å². The van der Waals surface area contributed by atoms with Crippen molar-refractivity contribution in [2.45, 2.75) is 38.6 Å². The summed E-state index contributed by atoms with van der Waals surface area (Å²) in [5.41, 5.74) is 0.813. The molecule has 2 fully saturated rings. The van der Waals surface area contributed by atoms with Crippen molar-refractivity contribution in [3.8, 4) is 22.9 Å². The number of hydrogen-bond donors (Lipinski definition) is 0. The zero-order chi connectivity index (χ0) is 20.9. The first kappa shape index (κ1) is 20.7. The molecule has 3 heterocycles. The second kappa shape index (κ2) is 9.47. The fraction of sp³-hybridized carbons (Fsp3) is 0.591. The number of hydrogen-bond acceptors (Lipinski definition) is 7. The van der Waals surface area contributed by atoms with Crippen LogP contribution in [0.4, 0.5) is 0 Å². The molecule has 1 aromatic carbocycles. The van der Waals surface area contributed by atoms with Gasteiger partial charge in [0.05, 0.1) is 20.8 Å². The normalized spacial score (nSPS) is 18.4. The average Bonchev–Trinajstić information content (AvgIpc) is 3.27. The summed E-state index contributed by atoms with van der Waals surface area (Å²) in [6.45, 7) is 4.21. The van der Waals surface area contributed by atoms with Crippen LogP contribution in [-0.4, -0.2) is 66.2 Å². The van der Waals surface area contributed by atoms with Crippen LogP contribution in [-0.2, 0) is 11.3 Å². The van der Waals surface area contributed by atoms with Crippen LogP contribution >= 0.6 is 0 Å². The van der Waals surface area contributed by atoms with Gasteiger partial charge >= 0.3 is 0 Å². The van der Waals surface area contributed by atoms with Gasteiger partial charge in [-0.25, -0.2) is 0 Å². The number of carbonyl (C=O) groups is 1. The first-order valence-corrected chi connectivity index (χ1v) is 10.7. The Labute approximate surface area is 177 Å². The van der Waals surface area contributed by atoms with Gasteiger partial charge in [-0.2, -0.15) is 4.98 Å². The molecular weight excluding hydrogens is 384 g/mol. The monoisotopic (exact) mass is 414 g/mol. The van der Waals surface area contributed by atoms with Crippen LogP contribution in [0.15, 0.2) is 22.7 Å². The number of piperidine rings is 2. The van der Waals surface area contributed by atoms with Crippen molar-refractivity contribution in [2.75, 3.05) is 40.4 Å². The van der Waals surface area contributed by atoms with Crippen LogP contribution in [0.25, 0.3) is 11.4 Å². The van der Waals surface area contributed by atoms with Crippen molar-refractivity contribution in [1.29, 1.82) is 0 Å². The second-order valence-corrected chi connectivity index (χ2v) is 8.02. The molecule has 2 aliphatic heterocycles. The third-order valence-corrected chi connectivity index (χ3v) is 6.07. The van der Waals surface area contributed by atoms with Crippen molar-refractivity contribution in [3.05, 3.63) is 24.1 Å². The highest BCUT2D eigenvalue weighted by atomic mass is 16.5. The summed E-state index contributed by atoms with van der Waals surface area (Å²) >= 11 is 0. The molecule has 8 heteroatoms. The van der Waals surface area contributed by atoms with E-state index in [9.17, 15) is 4.79 Å². The summed E-state index contributed by atoms with van der Waals surface area (Å²) in [4.78, 5) is 21.6. The Morgan fingerprint density at radius 2 is 1.80 bits per heavy atom. The number of aromatic nitrogens is 2. The minimum atomic E-state index is 0.157. The summed E-state index contributed by atoms with van der Waals surface area (Å²) in [6.07, 6.45) is 5.32. The lowest BCUT2D eigenvalue weighted by Crippen LogP contribution is -2.44. The smallest absolute Gasteiger partial charge is 0.241 e. The van der Waals surface area contributed by atoms with Crippen LogP contribution in [0, 0.1) is 5.92 Å². The predicted molar refractivity (Wildman–Crippen MR) is 111 cm³/mol. The summed E-state index contributed by atoms with van der Waals surface area (Å²) in [5, 5.41) is 4.12. The molecule has 2 aromatic rings. The molecule has 0 radical (unpaired) electrons. The zero-order valence-corrected chi connectivity index (χ0v) is 17.8. The van der Waals surface area contributed by atoms with E-state index in [2.05, 4.69) is 19.9 Å². The molecule has 0 N–H and O–H groups in total. The maximum atomic E-state index is 12.7. The summed E-state index contributed by atoms with van der Waals surface area (Å²) in [7, 11) is 3.20. The first-order valence-electron chi connectivity index (χ1n) is 10.7. The van der Waals surface area contributed by atoms with Crippen molar-refractivity contribution in [2.24, 2.45) is 5.92 Å². The van der Waals surface area contributed by atoms with Gasteiger partial charge in [0.15, 0.2) is 11.5 Å². The number of benzene rings is 1. The summed E-state index contributed by atoms with van der Waals surface area (Å²) < 4.78 is 16.1. The molecule has 2 saturated heterocycles. The fourth-order valence-corrected chi connectivity index (χ4v) is 4.31. The molecule has 1 aromatic heterocycles. The molecule has 4 rings (SSSR count). The van der Waals surface area contributed by atoms with E-state index in [1.54, 1.807) is 14.2 Å². The Morgan fingerprint density at radius 1 is 1.07 bits per heavy atom. The first-order chi connectivity index (χ1) is 14.7. The van der Waals surface area contributed by atoms with Gasteiger partial charge in [0.1, 0.15) is 0 Å². The molecule has 0 spiro atoms. The highest BCUT2D eigenvalue weighted by Gasteiger charge is 2.29. The molecule has 0 saturated carbocycles. The molecule has 162 valence electrons. The highest BCUT2D eigenvalue weighted by Crippen LogP contribution is 2.31. The number of carbonyl (C=O) groups excluding carboxylic acids is 1. The van der Waals surface area contributed by atoms with Crippen LogP contribution < -0.4 is 9.47 Å². The Hall–Kier alpha value is -2.61. The van der Waals surface area contributed by atoms with Gasteiger partial charge in [-0.05, 0) is 63.4 Å². The lowest BCUT2D eigenvalue weighted by Gasteiger charge is -2.35. The van der Waals surface area contributed by atoms with E-state index < -0.39 is 0 Å². The average molecular weight is 415 g/mol. The Balaban J connectivity index is 1.32. The van der Waals surface area contributed by atoms with Crippen molar-refractivity contribution < 1.29 is 18.8 Å². The SMILES string of the molecule is COc1ccc(-c2noc(CN3CCC(C(=O)N4CCCCC4)CC3)n2)cc1OC. The molecule has 30 heavy (non-hydrogen) atoms. The lowest BCUT2D eigenvalue weighted by molar-refractivity contribution is -0.138. The van der Waals surface area contributed by atoms with E-state index in [0.29, 0.717) is 35.7 Å². The van der Waals surface area contributed by atoms with E-state index >= 15 is 0 Å². The van der Waals surface area contributed by atoms with E-state index in [4.69, 9.17) is 14.0 Å². The van der Waals surface area contributed by atoms with Gasteiger partial charge in [0.25, 0.3) is 0 Å². The van der Waals surface area contributed by atoms with Crippen LogP contribution in [0.1, 0.15) is 38.0 Å². The molecule has 0 aliphatic carbocycles. The molecular formula is C22H30N4O4. The molecule has 2 aliphatic rings.